The highest BCUT2D eigenvalue weighted by Crippen LogP contribution is 2.35. The zero-order valence-corrected chi connectivity index (χ0v) is 18.7. The molecule has 0 aromatic heterocycles. The van der Waals surface area contributed by atoms with Crippen LogP contribution >= 0.6 is 0 Å². The molecular formula is C20H34N4O5S. The van der Waals surface area contributed by atoms with Crippen molar-refractivity contribution in [3.05, 3.63) is 0 Å². The van der Waals surface area contributed by atoms with Crippen molar-refractivity contribution in [2.45, 2.75) is 45.1 Å². The lowest BCUT2D eigenvalue weighted by molar-refractivity contribution is -0.139. The number of hydrogen-bond acceptors (Lipinski definition) is 6. The molecule has 0 aliphatic carbocycles. The summed E-state index contributed by atoms with van der Waals surface area (Å²) in [6, 6.07) is -0.279. The van der Waals surface area contributed by atoms with Crippen LogP contribution in [0.5, 0.6) is 0 Å². The van der Waals surface area contributed by atoms with Crippen molar-refractivity contribution in [3.8, 4) is 0 Å². The molecule has 0 unspecified atom stereocenters. The molecule has 4 fully saturated rings. The summed E-state index contributed by atoms with van der Waals surface area (Å²) in [6.07, 6.45) is 4.16. The van der Waals surface area contributed by atoms with Gasteiger partial charge in [0.05, 0.1) is 25.7 Å². The Bertz CT molecular complexity index is 738. The summed E-state index contributed by atoms with van der Waals surface area (Å²) in [5.41, 5.74) is 0. The number of imide groups is 1. The summed E-state index contributed by atoms with van der Waals surface area (Å²) < 4.78 is 34.2. The number of ether oxygens (including phenoxy) is 1. The molecule has 4 aliphatic heterocycles. The normalized spacial score (nSPS) is 29.8. The number of morpholine rings is 1. The molecule has 4 rings (SSSR count). The second-order valence-corrected chi connectivity index (χ2v) is 10.8. The fraction of sp³-hybridized carbons (Fsp3) is 0.900. The zero-order chi connectivity index (χ0) is 21.3. The highest BCUT2D eigenvalue weighted by Gasteiger charge is 2.43. The average Bonchev–Trinajstić information content (AvgIpc) is 3.07. The summed E-state index contributed by atoms with van der Waals surface area (Å²) >= 11 is 0. The standard InChI is InChI=1S/C20H34N4O5S/c1-2-24-19(25)15-18(20(24)26)21-7-3-16(4-8-21)17-5-9-22(10-6-17)30(27,28)23-11-13-29-14-12-23/h16-18H,2-15H2,1H3/t18-/m1/s1. The van der Waals surface area contributed by atoms with Gasteiger partial charge in [0.2, 0.25) is 11.8 Å². The Labute approximate surface area is 179 Å². The number of rotatable bonds is 5. The van der Waals surface area contributed by atoms with Crippen LogP contribution in [0.3, 0.4) is 0 Å². The third-order valence-electron chi connectivity index (χ3n) is 7.34. The molecule has 0 aromatic carbocycles. The fourth-order valence-electron chi connectivity index (χ4n) is 5.50. The van der Waals surface area contributed by atoms with Gasteiger partial charge in [-0.15, -0.1) is 0 Å². The largest absolute Gasteiger partial charge is 0.379 e. The van der Waals surface area contributed by atoms with Crippen LogP contribution in [0, 0.1) is 11.8 Å². The SMILES string of the molecule is CCN1C(=O)C[C@@H](N2CCC(C3CCN(S(=O)(=O)N4CCOCC4)CC3)CC2)C1=O. The van der Waals surface area contributed by atoms with Crippen molar-refractivity contribution in [1.29, 1.82) is 0 Å². The van der Waals surface area contributed by atoms with Gasteiger partial charge in [0.15, 0.2) is 0 Å². The first kappa shape index (κ1) is 22.1. The van der Waals surface area contributed by atoms with Gasteiger partial charge in [-0.2, -0.15) is 17.0 Å². The minimum atomic E-state index is -3.37. The van der Waals surface area contributed by atoms with E-state index in [0.717, 1.165) is 38.8 Å². The lowest BCUT2D eigenvalue weighted by Gasteiger charge is -2.41. The second kappa shape index (κ2) is 9.20. The van der Waals surface area contributed by atoms with E-state index in [1.165, 1.54) is 4.90 Å². The topological polar surface area (TPSA) is 90.5 Å². The molecule has 2 amide bonds. The van der Waals surface area contributed by atoms with Gasteiger partial charge in [-0.1, -0.05) is 0 Å². The lowest BCUT2D eigenvalue weighted by atomic mass is 9.79. The van der Waals surface area contributed by atoms with Crippen molar-refractivity contribution in [2.75, 3.05) is 59.0 Å². The Morgan fingerprint density at radius 2 is 1.40 bits per heavy atom. The summed E-state index contributed by atoms with van der Waals surface area (Å²) in [7, 11) is -3.37. The average molecular weight is 443 g/mol. The van der Waals surface area contributed by atoms with Crippen LogP contribution in [0.25, 0.3) is 0 Å². The molecule has 0 bridgehead atoms. The first-order valence-electron chi connectivity index (χ1n) is 11.3. The van der Waals surface area contributed by atoms with Crippen LogP contribution in [0.15, 0.2) is 0 Å². The number of piperidine rings is 2. The van der Waals surface area contributed by atoms with E-state index in [1.807, 2.05) is 6.92 Å². The van der Waals surface area contributed by atoms with Crippen LogP contribution in [0.2, 0.25) is 0 Å². The smallest absolute Gasteiger partial charge is 0.282 e. The molecule has 30 heavy (non-hydrogen) atoms. The van der Waals surface area contributed by atoms with Gasteiger partial charge in [-0.05, 0) is 57.5 Å². The van der Waals surface area contributed by atoms with Crippen molar-refractivity contribution in [2.24, 2.45) is 11.8 Å². The van der Waals surface area contributed by atoms with Gasteiger partial charge in [-0.3, -0.25) is 19.4 Å². The third kappa shape index (κ3) is 4.29. The van der Waals surface area contributed by atoms with E-state index in [1.54, 1.807) is 8.61 Å². The first-order chi connectivity index (χ1) is 14.4. The van der Waals surface area contributed by atoms with E-state index in [2.05, 4.69) is 4.90 Å². The lowest BCUT2D eigenvalue weighted by Crippen LogP contribution is -2.51. The van der Waals surface area contributed by atoms with Crippen LogP contribution in [0.1, 0.15) is 39.0 Å². The molecular weight excluding hydrogens is 408 g/mol. The molecule has 4 saturated heterocycles. The second-order valence-electron chi connectivity index (χ2n) is 8.83. The fourth-order valence-corrected chi connectivity index (χ4v) is 7.11. The molecule has 0 N–H and O–H groups in total. The molecule has 4 aliphatic rings. The van der Waals surface area contributed by atoms with E-state index in [9.17, 15) is 18.0 Å². The summed E-state index contributed by atoms with van der Waals surface area (Å²) in [5, 5.41) is 0. The Hall–Kier alpha value is -1.07. The van der Waals surface area contributed by atoms with E-state index < -0.39 is 10.2 Å². The number of nitrogens with zero attached hydrogens (tertiary/aromatic N) is 4. The number of amides is 2. The van der Waals surface area contributed by atoms with Gasteiger partial charge < -0.3 is 4.74 Å². The zero-order valence-electron chi connectivity index (χ0n) is 17.9. The predicted molar refractivity (Wildman–Crippen MR) is 111 cm³/mol. The maximum atomic E-state index is 12.8. The van der Waals surface area contributed by atoms with Crippen LogP contribution in [-0.2, 0) is 24.5 Å². The maximum absolute atomic E-state index is 12.8. The van der Waals surface area contributed by atoms with Gasteiger partial charge in [0, 0.05) is 32.7 Å². The minimum absolute atomic E-state index is 0.0393. The van der Waals surface area contributed by atoms with E-state index in [0.29, 0.717) is 64.2 Å². The van der Waals surface area contributed by atoms with Gasteiger partial charge >= 0.3 is 0 Å². The van der Waals surface area contributed by atoms with Crippen LogP contribution in [-0.4, -0.2) is 104 Å². The van der Waals surface area contributed by atoms with Crippen LogP contribution < -0.4 is 0 Å². The number of likely N-dealkylation sites (N-methyl/N-ethyl adjacent to an activating group) is 1. The molecule has 0 spiro atoms. The molecule has 0 saturated carbocycles. The van der Waals surface area contributed by atoms with E-state index in [4.69, 9.17) is 4.74 Å². The number of carbonyl (C=O) groups is 2. The van der Waals surface area contributed by atoms with E-state index >= 15 is 0 Å². The molecule has 10 heteroatoms. The molecule has 0 radical (unpaired) electrons. The minimum Gasteiger partial charge on any atom is -0.379 e. The highest BCUT2D eigenvalue weighted by atomic mass is 32.2. The predicted octanol–water partition coefficient (Wildman–Crippen LogP) is 0.135. The van der Waals surface area contributed by atoms with Gasteiger partial charge in [0.1, 0.15) is 0 Å². The van der Waals surface area contributed by atoms with Crippen molar-refractivity contribution >= 4 is 22.0 Å². The van der Waals surface area contributed by atoms with Gasteiger partial charge in [0.25, 0.3) is 10.2 Å². The molecule has 170 valence electrons. The summed E-state index contributed by atoms with van der Waals surface area (Å²) in [6.45, 7) is 7.00. The number of hydrogen-bond donors (Lipinski definition) is 0. The quantitative estimate of drug-likeness (QED) is 0.563. The highest BCUT2D eigenvalue weighted by molar-refractivity contribution is 7.86. The van der Waals surface area contributed by atoms with Crippen molar-refractivity contribution in [1.82, 2.24) is 18.4 Å². The van der Waals surface area contributed by atoms with Gasteiger partial charge in [-0.25, -0.2) is 0 Å². The van der Waals surface area contributed by atoms with E-state index in [-0.39, 0.29) is 17.9 Å². The maximum Gasteiger partial charge on any atom is 0.282 e. The Kier molecular flexibility index (Phi) is 6.79. The molecule has 9 nitrogen and oxygen atoms in total. The Morgan fingerprint density at radius 3 is 1.93 bits per heavy atom. The number of carbonyl (C=O) groups excluding carboxylic acids is 2. The molecule has 1 atom stereocenters. The third-order valence-corrected chi connectivity index (χ3v) is 9.37. The molecule has 0 aromatic rings. The first-order valence-corrected chi connectivity index (χ1v) is 12.7. The monoisotopic (exact) mass is 442 g/mol. The Balaban J connectivity index is 1.26. The Morgan fingerprint density at radius 1 is 0.867 bits per heavy atom. The van der Waals surface area contributed by atoms with Crippen LogP contribution in [0.4, 0.5) is 0 Å². The summed E-state index contributed by atoms with van der Waals surface area (Å²) in [4.78, 5) is 28.1. The van der Waals surface area contributed by atoms with Crippen molar-refractivity contribution < 1.29 is 22.7 Å². The van der Waals surface area contributed by atoms with Crippen molar-refractivity contribution in [3.63, 3.8) is 0 Å². The summed E-state index contributed by atoms with van der Waals surface area (Å²) in [5.74, 6) is 1.02. The molecule has 4 heterocycles. The number of likely N-dealkylation sites (tertiary alicyclic amines) is 2.